The molecule has 2 nitrogen and oxygen atoms in total. The zero-order valence-corrected chi connectivity index (χ0v) is 13.3. The molecule has 2 N–H and O–H groups in total. The number of rotatable bonds is 3. The molecule has 2 aromatic rings. The molecule has 0 aliphatic heterocycles. The van der Waals surface area contributed by atoms with E-state index in [9.17, 15) is 17.6 Å². The highest BCUT2D eigenvalue weighted by Crippen LogP contribution is 2.30. The van der Waals surface area contributed by atoms with Gasteiger partial charge in [0.1, 0.15) is 11.6 Å². The highest BCUT2D eigenvalue weighted by atomic mass is 79.9. The van der Waals surface area contributed by atoms with Crippen molar-refractivity contribution in [2.24, 2.45) is 5.73 Å². The van der Waals surface area contributed by atoms with E-state index in [-0.39, 0.29) is 22.6 Å². The van der Waals surface area contributed by atoms with Crippen molar-refractivity contribution in [1.82, 2.24) is 0 Å². The van der Waals surface area contributed by atoms with Crippen molar-refractivity contribution < 1.29 is 22.3 Å². The predicted octanol–water partition coefficient (Wildman–Crippen LogP) is 4.96. The fraction of sp³-hybridized carbons (Fsp3) is 0.143. The molecule has 0 amide bonds. The summed E-state index contributed by atoms with van der Waals surface area (Å²) in [7, 11) is 0. The zero-order chi connectivity index (χ0) is 15.6. The molecule has 0 radical (unpaired) electrons. The maximum Gasteiger partial charge on any atom is 0.573 e. The number of halogens is 6. The van der Waals surface area contributed by atoms with Gasteiger partial charge in [-0.2, -0.15) is 0 Å². The zero-order valence-electron chi connectivity index (χ0n) is 10.9. The van der Waals surface area contributed by atoms with Gasteiger partial charge in [-0.1, -0.05) is 24.3 Å². The van der Waals surface area contributed by atoms with E-state index in [0.29, 0.717) is 11.1 Å². The molecule has 0 saturated carbocycles. The number of hydrogen-bond acceptors (Lipinski definition) is 2. The molecule has 8 heteroatoms. The first-order valence-electron chi connectivity index (χ1n) is 5.83. The highest BCUT2D eigenvalue weighted by molar-refractivity contribution is 9.10. The molecular weight excluding hydrogens is 390 g/mol. The minimum absolute atomic E-state index is 0. The maximum atomic E-state index is 13.5. The molecular formula is C14H11BrClF4NO. The molecule has 0 aliphatic rings. The Labute approximate surface area is 138 Å². The summed E-state index contributed by atoms with van der Waals surface area (Å²) in [6.07, 6.45) is -4.74. The van der Waals surface area contributed by atoms with Gasteiger partial charge in [-0.05, 0) is 45.3 Å². The number of nitrogens with two attached hydrogens (primary N) is 1. The third-order valence-corrected chi connectivity index (χ3v) is 3.63. The van der Waals surface area contributed by atoms with Crippen LogP contribution in [0.15, 0.2) is 46.9 Å². The Kier molecular flexibility index (Phi) is 6.22. The van der Waals surface area contributed by atoms with Crippen molar-refractivity contribution in [3.05, 3.63) is 63.9 Å². The molecule has 0 unspecified atom stereocenters. The molecule has 0 aliphatic carbocycles. The molecule has 120 valence electrons. The van der Waals surface area contributed by atoms with Crippen molar-refractivity contribution in [3.63, 3.8) is 0 Å². The van der Waals surface area contributed by atoms with E-state index in [1.165, 1.54) is 24.3 Å². The first-order valence-corrected chi connectivity index (χ1v) is 6.62. The second kappa shape index (κ2) is 7.30. The van der Waals surface area contributed by atoms with Crippen molar-refractivity contribution >= 4 is 28.3 Å². The Hall–Kier alpha value is -1.31. The van der Waals surface area contributed by atoms with Crippen LogP contribution in [-0.4, -0.2) is 6.36 Å². The van der Waals surface area contributed by atoms with Gasteiger partial charge in [0, 0.05) is 0 Å². The second-order valence-corrected chi connectivity index (χ2v) is 5.03. The molecule has 0 saturated heterocycles. The highest BCUT2D eigenvalue weighted by Gasteiger charge is 2.31. The number of benzene rings is 2. The van der Waals surface area contributed by atoms with Gasteiger partial charge < -0.3 is 10.5 Å². The predicted molar refractivity (Wildman–Crippen MR) is 80.5 cm³/mol. The second-order valence-electron chi connectivity index (χ2n) is 4.24. The molecule has 0 heterocycles. The molecule has 0 bridgehead atoms. The molecule has 0 aromatic heterocycles. The van der Waals surface area contributed by atoms with Gasteiger partial charge in [0.25, 0.3) is 0 Å². The van der Waals surface area contributed by atoms with Crippen LogP contribution in [0.2, 0.25) is 0 Å². The van der Waals surface area contributed by atoms with Gasteiger partial charge in [0.15, 0.2) is 0 Å². The van der Waals surface area contributed by atoms with E-state index in [2.05, 4.69) is 20.7 Å². The molecule has 2 aromatic carbocycles. The third-order valence-electron chi connectivity index (χ3n) is 2.79. The smallest absolute Gasteiger partial charge is 0.406 e. The number of ether oxygens (including phenoxy) is 1. The van der Waals surface area contributed by atoms with Crippen LogP contribution in [0.25, 0.3) is 0 Å². The monoisotopic (exact) mass is 399 g/mol. The van der Waals surface area contributed by atoms with Crippen molar-refractivity contribution in [2.75, 3.05) is 0 Å². The van der Waals surface area contributed by atoms with Crippen LogP contribution in [0.5, 0.6) is 5.75 Å². The van der Waals surface area contributed by atoms with E-state index in [0.717, 1.165) is 12.1 Å². The van der Waals surface area contributed by atoms with Gasteiger partial charge in [0.2, 0.25) is 0 Å². The number of hydrogen-bond donors (Lipinski definition) is 1. The standard InChI is InChI=1S/C14H10BrF4NO.ClH/c15-12-10(2-1-3-11(12)16)13(20)8-4-6-9(7-5-8)21-14(17,18)19;/h1-7,13H,20H2;1H/t13-;/m0./s1. The SMILES string of the molecule is Cl.N[C@@H](c1ccc(OC(F)(F)F)cc1)c1cccc(F)c1Br. The van der Waals surface area contributed by atoms with Gasteiger partial charge in [-0.15, -0.1) is 25.6 Å². The summed E-state index contributed by atoms with van der Waals surface area (Å²) in [6, 6.07) is 8.89. The Morgan fingerprint density at radius 2 is 1.64 bits per heavy atom. The van der Waals surface area contributed by atoms with Crippen molar-refractivity contribution in [3.8, 4) is 5.75 Å². The topological polar surface area (TPSA) is 35.2 Å². The van der Waals surface area contributed by atoms with E-state index in [1.807, 2.05) is 0 Å². The Morgan fingerprint density at radius 3 is 2.18 bits per heavy atom. The minimum atomic E-state index is -4.74. The van der Waals surface area contributed by atoms with Crippen LogP contribution < -0.4 is 10.5 Å². The molecule has 0 fully saturated rings. The minimum Gasteiger partial charge on any atom is -0.406 e. The summed E-state index contributed by atoms with van der Waals surface area (Å²) in [5, 5.41) is 0. The Balaban J connectivity index is 0.00000242. The Bertz CT molecular complexity index is 634. The van der Waals surface area contributed by atoms with E-state index >= 15 is 0 Å². The van der Waals surface area contributed by atoms with E-state index in [4.69, 9.17) is 5.73 Å². The molecule has 2 rings (SSSR count). The van der Waals surface area contributed by atoms with Crippen LogP contribution in [0, 0.1) is 5.82 Å². The molecule has 22 heavy (non-hydrogen) atoms. The maximum absolute atomic E-state index is 13.5. The average molecular weight is 401 g/mol. The van der Waals surface area contributed by atoms with Crippen LogP contribution in [0.3, 0.4) is 0 Å². The lowest BCUT2D eigenvalue weighted by molar-refractivity contribution is -0.274. The lowest BCUT2D eigenvalue weighted by atomic mass is 9.99. The summed E-state index contributed by atoms with van der Waals surface area (Å²) >= 11 is 3.10. The summed E-state index contributed by atoms with van der Waals surface area (Å²) in [6.45, 7) is 0. The molecule has 0 spiro atoms. The third kappa shape index (κ3) is 4.59. The first-order chi connectivity index (χ1) is 9.78. The molecule has 1 atom stereocenters. The normalized spacial score (nSPS) is 12.5. The summed E-state index contributed by atoms with van der Waals surface area (Å²) in [5.41, 5.74) is 7.04. The summed E-state index contributed by atoms with van der Waals surface area (Å²) < 4.78 is 53.7. The largest absolute Gasteiger partial charge is 0.573 e. The lowest BCUT2D eigenvalue weighted by Gasteiger charge is -2.15. The van der Waals surface area contributed by atoms with Gasteiger partial charge in [-0.3, -0.25) is 0 Å². The van der Waals surface area contributed by atoms with E-state index < -0.39 is 18.2 Å². The first kappa shape index (κ1) is 18.7. The van der Waals surface area contributed by atoms with Crippen molar-refractivity contribution in [2.45, 2.75) is 12.4 Å². The van der Waals surface area contributed by atoms with Crippen LogP contribution in [0.4, 0.5) is 17.6 Å². The van der Waals surface area contributed by atoms with Crippen LogP contribution >= 0.6 is 28.3 Å². The van der Waals surface area contributed by atoms with E-state index in [1.54, 1.807) is 6.07 Å². The van der Waals surface area contributed by atoms with Gasteiger partial charge in [-0.25, -0.2) is 4.39 Å². The van der Waals surface area contributed by atoms with Crippen LogP contribution in [0.1, 0.15) is 17.2 Å². The summed E-state index contributed by atoms with van der Waals surface area (Å²) in [4.78, 5) is 0. The Morgan fingerprint density at radius 1 is 1.05 bits per heavy atom. The average Bonchev–Trinajstić information content (AvgIpc) is 2.40. The quantitative estimate of drug-likeness (QED) is 0.740. The summed E-state index contributed by atoms with van der Waals surface area (Å²) in [5.74, 6) is -0.795. The van der Waals surface area contributed by atoms with Crippen LogP contribution in [-0.2, 0) is 0 Å². The van der Waals surface area contributed by atoms with Crippen molar-refractivity contribution in [1.29, 1.82) is 0 Å². The number of alkyl halides is 3. The fourth-order valence-electron chi connectivity index (χ4n) is 1.82. The van der Waals surface area contributed by atoms with Gasteiger partial charge >= 0.3 is 6.36 Å². The lowest BCUT2D eigenvalue weighted by Crippen LogP contribution is -2.17. The fourth-order valence-corrected chi connectivity index (χ4v) is 2.33. The van der Waals surface area contributed by atoms with Gasteiger partial charge in [0.05, 0.1) is 10.5 Å².